The van der Waals surface area contributed by atoms with Crippen molar-refractivity contribution in [1.29, 1.82) is 0 Å². The van der Waals surface area contributed by atoms with Gasteiger partial charge in [0.15, 0.2) is 0 Å². The monoisotopic (exact) mass is 263 g/mol. The fourth-order valence-electron chi connectivity index (χ4n) is 1.75. The van der Waals surface area contributed by atoms with Crippen LogP contribution in [0.3, 0.4) is 0 Å². The Hall–Kier alpha value is -1.35. The minimum Gasteiger partial charge on any atom is -0.381 e. The zero-order valence-corrected chi connectivity index (χ0v) is 12.8. The van der Waals surface area contributed by atoms with Gasteiger partial charge in [-0.25, -0.2) is 0 Å². The van der Waals surface area contributed by atoms with Crippen molar-refractivity contribution in [3.05, 3.63) is 34.9 Å². The summed E-state index contributed by atoms with van der Waals surface area (Å²) in [5, 5.41) is 12.3. The summed E-state index contributed by atoms with van der Waals surface area (Å²) in [5.74, 6) is -0.355. The fourth-order valence-corrected chi connectivity index (χ4v) is 1.75. The fraction of sp³-hybridized carbons (Fsp3) is 0.562. The van der Waals surface area contributed by atoms with E-state index >= 15 is 0 Å². The third kappa shape index (κ3) is 4.35. The summed E-state index contributed by atoms with van der Waals surface area (Å²) in [6.45, 7) is 12.0. The van der Waals surface area contributed by atoms with Gasteiger partial charge >= 0.3 is 0 Å². The molecule has 0 radical (unpaired) electrons. The molecule has 106 valence electrons. The molecule has 0 aromatic heterocycles. The SMILES string of the molecule is Cc1cc(C(C)(C)C)ccc1CNC(=O)C(C)(C)O. The van der Waals surface area contributed by atoms with E-state index in [4.69, 9.17) is 0 Å². The lowest BCUT2D eigenvalue weighted by molar-refractivity contribution is -0.136. The Morgan fingerprint density at radius 3 is 2.21 bits per heavy atom. The summed E-state index contributed by atoms with van der Waals surface area (Å²) < 4.78 is 0. The van der Waals surface area contributed by atoms with Gasteiger partial charge < -0.3 is 10.4 Å². The molecule has 0 heterocycles. The molecular weight excluding hydrogens is 238 g/mol. The lowest BCUT2D eigenvalue weighted by Gasteiger charge is -2.21. The van der Waals surface area contributed by atoms with Gasteiger partial charge in [-0.3, -0.25) is 4.79 Å². The minimum atomic E-state index is -1.33. The van der Waals surface area contributed by atoms with E-state index in [1.165, 1.54) is 19.4 Å². The van der Waals surface area contributed by atoms with Gasteiger partial charge in [0, 0.05) is 6.54 Å². The number of hydrogen-bond acceptors (Lipinski definition) is 2. The number of hydrogen-bond donors (Lipinski definition) is 2. The van der Waals surface area contributed by atoms with Crippen LogP contribution in [0.25, 0.3) is 0 Å². The summed E-state index contributed by atoms with van der Waals surface area (Å²) in [5.41, 5.74) is 2.30. The molecule has 0 fully saturated rings. The lowest BCUT2D eigenvalue weighted by Crippen LogP contribution is -2.41. The Labute approximate surface area is 116 Å². The Kier molecular flexibility index (Phi) is 4.41. The van der Waals surface area contributed by atoms with Crippen LogP contribution in [0.2, 0.25) is 0 Å². The molecule has 0 spiro atoms. The Bertz CT molecular complexity index is 465. The van der Waals surface area contributed by atoms with E-state index in [0.29, 0.717) is 6.54 Å². The van der Waals surface area contributed by atoms with Crippen LogP contribution in [0.15, 0.2) is 18.2 Å². The molecule has 0 bridgehead atoms. The molecule has 1 rings (SSSR count). The highest BCUT2D eigenvalue weighted by Crippen LogP contribution is 2.24. The number of rotatable bonds is 3. The van der Waals surface area contributed by atoms with Crippen molar-refractivity contribution < 1.29 is 9.90 Å². The van der Waals surface area contributed by atoms with E-state index in [0.717, 1.165) is 11.1 Å². The van der Waals surface area contributed by atoms with Crippen molar-refractivity contribution in [2.24, 2.45) is 0 Å². The number of carbonyl (C=O) groups is 1. The highest BCUT2D eigenvalue weighted by molar-refractivity contribution is 5.83. The van der Waals surface area contributed by atoms with Gasteiger partial charge in [0.1, 0.15) is 5.60 Å². The predicted octanol–water partition coefficient (Wildman–Crippen LogP) is 2.68. The highest BCUT2D eigenvalue weighted by Gasteiger charge is 2.23. The summed E-state index contributed by atoms with van der Waals surface area (Å²) in [6.07, 6.45) is 0. The van der Waals surface area contributed by atoms with Crippen molar-refractivity contribution in [3.8, 4) is 0 Å². The molecule has 19 heavy (non-hydrogen) atoms. The molecule has 0 atom stereocenters. The van der Waals surface area contributed by atoms with Crippen molar-refractivity contribution in [2.45, 2.75) is 59.1 Å². The standard InChI is InChI=1S/C16H25NO2/c1-11-9-13(15(2,3)4)8-7-12(11)10-17-14(18)16(5,6)19/h7-9,19H,10H2,1-6H3,(H,17,18). The van der Waals surface area contributed by atoms with E-state index in [1.807, 2.05) is 13.0 Å². The quantitative estimate of drug-likeness (QED) is 0.881. The molecule has 0 saturated heterocycles. The van der Waals surface area contributed by atoms with Crippen LogP contribution in [0.4, 0.5) is 0 Å². The third-order valence-electron chi connectivity index (χ3n) is 3.20. The van der Waals surface area contributed by atoms with Gasteiger partial charge in [0.25, 0.3) is 5.91 Å². The molecule has 3 nitrogen and oxygen atoms in total. The van der Waals surface area contributed by atoms with Crippen LogP contribution < -0.4 is 5.32 Å². The van der Waals surface area contributed by atoms with Gasteiger partial charge in [-0.05, 0) is 42.9 Å². The van der Waals surface area contributed by atoms with Crippen LogP contribution in [0.5, 0.6) is 0 Å². The van der Waals surface area contributed by atoms with Crippen LogP contribution in [-0.2, 0) is 16.8 Å². The van der Waals surface area contributed by atoms with E-state index in [2.05, 4.69) is 38.2 Å². The molecule has 1 amide bonds. The molecule has 3 heteroatoms. The Morgan fingerprint density at radius 2 is 1.79 bits per heavy atom. The molecule has 1 aromatic rings. The number of carbonyl (C=O) groups excluding carboxylic acids is 1. The molecule has 0 saturated carbocycles. The van der Waals surface area contributed by atoms with Gasteiger partial charge in [-0.2, -0.15) is 0 Å². The topological polar surface area (TPSA) is 49.3 Å². The van der Waals surface area contributed by atoms with Crippen LogP contribution in [0, 0.1) is 6.92 Å². The number of amides is 1. The molecule has 1 aromatic carbocycles. The van der Waals surface area contributed by atoms with Crippen LogP contribution in [-0.4, -0.2) is 16.6 Å². The first-order valence-corrected chi connectivity index (χ1v) is 6.62. The zero-order valence-electron chi connectivity index (χ0n) is 12.8. The maximum absolute atomic E-state index is 11.6. The van der Waals surface area contributed by atoms with Crippen molar-refractivity contribution in [3.63, 3.8) is 0 Å². The number of nitrogens with one attached hydrogen (secondary N) is 1. The van der Waals surface area contributed by atoms with Gasteiger partial charge in [-0.15, -0.1) is 0 Å². The average Bonchev–Trinajstić information content (AvgIpc) is 2.24. The van der Waals surface area contributed by atoms with Crippen molar-refractivity contribution >= 4 is 5.91 Å². The molecule has 2 N–H and O–H groups in total. The second-order valence-corrected chi connectivity index (χ2v) is 6.63. The first-order valence-electron chi connectivity index (χ1n) is 6.62. The van der Waals surface area contributed by atoms with E-state index in [1.54, 1.807) is 0 Å². The Balaban J connectivity index is 2.79. The minimum absolute atomic E-state index is 0.125. The van der Waals surface area contributed by atoms with Crippen LogP contribution >= 0.6 is 0 Å². The summed E-state index contributed by atoms with van der Waals surface area (Å²) in [6, 6.07) is 6.30. The van der Waals surface area contributed by atoms with Gasteiger partial charge in [0.05, 0.1) is 0 Å². The van der Waals surface area contributed by atoms with Crippen molar-refractivity contribution in [2.75, 3.05) is 0 Å². The first kappa shape index (κ1) is 15.7. The second kappa shape index (κ2) is 5.33. The summed E-state index contributed by atoms with van der Waals surface area (Å²) >= 11 is 0. The normalized spacial score (nSPS) is 12.4. The predicted molar refractivity (Wildman–Crippen MR) is 78.0 cm³/mol. The Morgan fingerprint density at radius 1 is 1.21 bits per heavy atom. The molecule has 0 aliphatic heterocycles. The highest BCUT2D eigenvalue weighted by atomic mass is 16.3. The molecule has 0 aliphatic rings. The maximum atomic E-state index is 11.6. The van der Waals surface area contributed by atoms with Crippen LogP contribution in [0.1, 0.15) is 51.3 Å². The zero-order chi connectivity index (χ0) is 14.8. The number of benzene rings is 1. The number of aliphatic hydroxyl groups is 1. The van der Waals surface area contributed by atoms with Crippen molar-refractivity contribution in [1.82, 2.24) is 5.32 Å². The lowest BCUT2D eigenvalue weighted by atomic mass is 9.85. The largest absolute Gasteiger partial charge is 0.381 e. The van der Waals surface area contributed by atoms with Gasteiger partial charge in [-0.1, -0.05) is 39.0 Å². The average molecular weight is 263 g/mol. The molecule has 0 aliphatic carbocycles. The maximum Gasteiger partial charge on any atom is 0.251 e. The van der Waals surface area contributed by atoms with E-state index in [9.17, 15) is 9.90 Å². The summed E-state index contributed by atoms with van der Waals surface area (Å²) in [4.78, 5) is 11.6. The molecular formula is C16H25NO2. The smallest absolute Gasteiger partial charge is 0.251 e. The molecule has 0 unspecified atom stereocenters. The van der Waals surface area contributed by atoms with E-state index < -0.39 is 5.60 Å². The van der Waals surface area contributed by atoms with Gasteiger partial charge in [0.2, 0.25) is 0 Å². The summed E-state index contributed by atoms with van der Waals surface area (Å²) in [7, 11) is 0. The third-order valence-corrected chi connectivity index (χ3v) is 3.20. The number of aryl methyl sites for hydroxylation is 1. The first-order chi connectivity index (χ1) is 8.51. The second-order valence-electron chi connectivity index (χ2n) is 6.63. The van der Waals surface area contributed by atoms with E-state index in [-0.39, 0.29) is 11.3 Å².